The molecule has 1 aromatic carbocycles. The van der Waals surface area contributed by atoms with Crippen molar-refractivity contribution in [1.82, 2.24) is 4.72 Å². The van der Waals surface area contributed by atoms with E-state index in [0.29, 0.717) is 10.9 Å². The van der Waals surface area contributed by atoms with Crippen molar-refractivity contribution >= 4 is 26.0 Å². The molecule has 17 heavy (non-hydrogen) atoms. The molecule has 96 valence electrons. The summed E-state index contributed by atoms with van der Waals surface area (Å²) < 4.78 is 27.1. The van der Waals surface area contributed by atoms with Crippen LogP contribution in [-0.4, -0.2) is 26.2 Å². The number of aliphatic hydroxyl groups is 1. The molecular weight excluding hydrogens is 306 g/mol. The number of benzene rings is 1. The molecule has 0 saturated heterocycles. The Hall–Kier alpha value is -0.430. The lowest BCUT2D eigenvalue weighted by Crippen LogP contribution is -2.37. The summed E-state index contributed by atoms with van der Waals surface area (Å²) in [6, 6.07) is 4.58. The highest BCUT2D eigenvalue weighted by Gasteiger charge is 2.20. The number of aliphatic hydroxyl groups excluding tert-OH is 1. The fraction of sp³-hybridized carbons (Fsp3) is 0.455. The first-order valence-electron chi connectivity index (χ1n) is 5.30. The van der Waals surface area contributed by atoms with Gasteiger partial charge in [-0.2, -0.15) is 0 Å². The van der Waals surface area contributed by atoms with Gasteiger partial charge in [0, 0.05) is 10.5 Å². The highest BCUT2D eigenvalue weighted by atomic mass is 79.9. The number of sulfonamides is 1. The lowest BCUT2D eigenvalue weighted by Gasteiger charge is -2.15. The van der Waals surface area contributed by atoms with Crippen molar-refractivity contribution < 1.29 is 13.5 Å². The maximum Gasteiger partial charge on any atom is 0.242 e. The van der Waals surface area contributed by atoms with E-state index < -0.39 is 16.1 Å². The lowest BCUT2D eigenvalue weighted by atomic mass is 10.2. The van der Waals surface area contributed by atoms with E-state index in [0.717, 1.165) is 5.56 Å². The van der Waals surface area contributed by atoms with E-state index in [1.807, 2.05) is 13.8 Å². The first-order valence-corrected chi connectivity index (χ1v) is 7.57. The van der Waals surface area contributed by atoms with Gasteiger partial charge in [0.1, 0.15) is 0 Å². The molecule has 1 rings (SSSR count). The summed E-state index contributed by atoms with van der Waals surface area (Å²) in [7, 11) is -3.59. The van der Waals surface area contributed by atoms with Crippen molar-refractivity contribution in [2.75, 3.05) is 6.61 Å². The second kappa shape index (κ2) is 5.95. The molecule has 0 heterocycles. The van der Waals surface area contributed by atoms with Crippen molar-refractivity contribution in [3.05, 3.63) is 28.2 Å². The Bertz CT molecular complexity index is 483. The van der Waals surface area contributed by atoms with Crippen LogP contribution in [0.25, 0.3) is 0 Å². The van der Waals surface area contributed by atoms with Crippen molar-refractivity contribution in [2.24, 2.45) is 0 Å². The third-order valence-electron chi connectivity index (χ3n) is 2.41. The van der Waals surface area contributed by atoms with Crippen LogP contribution in [0.3, 0.4) is 0 Å². The van der Waals surface area contributed by atoms with Crippen LogP contribution in [0.4, 0.5) is 0 Å². The highest BCUT2D eigenvalue weighted by Crippen LogP contribution is 2.23. The van der Waals surface area contributed by atoms with E-state index in [2.05, 4.69) is 20.7 Å². The molecule has 2 N–H and O–H groups in total. The van der Waals surface area contributed by atoms with Gasteiger partial charge in [-0.15, -0.1) is 0 Å². The summed E-state index contributed by atoms with van der Waals surface area (Å²) in [6.07, 6.45) is 0.541. The Morgan fingerprint density at radius 2 is 2.12 bits per heavy atom. The highest BCUT2D eigenvalue weighted by molar-refractivity contribution is 9.10. The molecule has 0 aliphatic rings. The van der Waals surface area contributed by atoms with Crippen LogP contribution < -0.4 is 4.72 Å². The molecule has 0 saturated carbocycles. The molecule has 0 bridgehead atoms. The SMILES string of the molecule is CCC(CO)NS(=O)(=O)c1ccc(C)cc1Br. The molecule has 0 aromatic heterocycles. The molecule has 1 unspecified atom stereocenters. The fourth-order valence-corrected chi connectivity index (χ4v) is 3.86. The summed E-state index contributed by atoms with van der Waals surface area (Å²) in [5.41, 5.74) is 0.977. The number of hydrogen-bond acceptors (Lipinski definition) is 3. The Morgan fingerprint density at radius 3 is 2.59 bits per heavy atom. The predicted octanol–water partition coefficient (Wildman–Crippen LogP) is 1.81. The zero-order valence-electron chi connectivity index (χ0n) is 9.77. The number of nitrogens with one attached hydrogen (secondary N) is 1. The Morgan fingerprint density at radius 1 is 1.47 bits per heavy atom. The van der Waals surface area contributed by atoms with Crippen molar-refractivity contribution in [3.63, 3.8) is 0 Å². The second-order valence-electron chi connectivity index (χ2n) is 3.84. The maximum absolute atomic E-state index is 12.0. The molecule has 0 fully saturated rings. The minimum absolute atomic E-state index is 0.190. The van der Waals surface area contributed by atoms with E-state index in [-0.39, 0.29) is 11.5 Å². The minimum atomic E-state index is -3.59. The van der Waals surface area contributed by atoms with Crippen molar-refractivity contribution in [2.45, 2.75) is 31.2 Å². The van der Waals surface area contributed by atoms with Crippen molar-refractivity contribution in [1.29, 1.82) is 0 Å². The number of halogens is 1. The van der Waals surface area contributed by atoms with Gasteiger partial charge in [0.15, 0.2) is 0 Å². The molecule has 0 radical (unpaired) electrons. The van der Waals surface area contributed by atoms with Gasteiger partial charge >= 0.3 is 0 Å². The standard InChI is InChI=1S/C11H16BrNO3S/c1-3-9(7-14)13-17(15,16)11-5-4-8(2)6-10(11)12/h4-6,9,13-14H,3,7H2,1-2H3. The monoisotopic (exact) mass is 321 g/mol. The molecule has 1 aromatic rings. The van der Waals surface area contributed by atoms with Gasteiger partial charge in [-0.25, -0.2) is 13.1 Å². The minimum Gasteiger partial charge on any atom is -0.395 e. The van der Waals surface area contributed by atoms with Crippen molar-refractivity contribution in [3.8, 4) is 0 Å². The van der Waals surface area contributed by atoms with E-state index in [4.69, 9.17) is 5.11 Å². The van der Waals surface area contributed by atoms with Crippen LogP contribution in [-0.2, 0) is 10.0 Å². The lowest BCUT2D eigenvalue weighted by molar-refractivity contribution is 0.254. The number of aryl methyl sites for hydroxylation is 1. The average Bonchev–Trinajstić information content (AvgIpc) is 2.25. The van der Waals surface area contributed by atoms with Crippen LogP contribution in [0.5, 0.6) is 0 Å². The summed E-state index contributed by atoms with van der Waals surface area (Å²) in [4.78, 5) is 0.190. The molecule has 1 atom stereocenters. The summed E-state index contributed by atoms with van der Waals surface area (Å²) in [6.45, 7) is 3.49. The summed E-state index contributed by atoms with van der Waals surface area (Å²) >= 11 is 3.24. The van der Waals surface area contributed by atoms with Gasteiger partial charge in [-0.1, -0.05) is 13.0 Å². The summed E-state index contributed by atoms with van der Waals surface area (Å²) in [5.74, 6) is 0. The zero-order chi connectivity index (χ0) is 13.1. The van der Waals surface area contributed by atoms with Gasteiger partial charge in [0.25, 0.3) is 0 Å². The molecule has 6 heteroatoms. The predicted molar refractivity (Wildman–Crippen MR) is 70.4 cm³/mol. The second-order valence-corrected chi connectivity index (χ2v) is 6.38. The van der Waals surface area contributed by atoms with E-state index >= 15 is 0 Å². The smallest absolute Gasteiger partial charge is 0.242 e. The topological polar surface area (TPSA) is 66.4 Å². The van der Waals surface area contributed by atoms with Crippen LogP contribution in [0.15, 0.2) is 27.6 Å². The Labute approximate surface area is 110 Å². The molecule has 4 nitrogen and oxygen atoms in total. The number of hydrogen-bond donors (Lipinski definition) is 2. The first-order chi connectivity index (χ1) is 7.90. The van der Waals surface area contributed by atoms with Gasteiger partial charge in [0.2, 0.25) is 10.0 Å². The summed E-state index contributed by atoms with van der Waals surface area (Å²) in [5, 5.41) is 9.01. The van der Waals surface area contributed by atoms with Gasteiger partial charge in [-0.05, 0) is 47.0 Å². The molecule has 0 amide bonds. The third-order valence-corrected chi connectivity index (χ3v) is 4.91. The van der Waals surface area contributed by atoms with E-state index in [9.17, 15) is 8.42 Å². The van der Waals surface area contributed by atoms with Gasteiger partial charge in [-0.3, -0.25) is 0 Å². The quantitative estimate of drug-likeness (QED) is 0.869. The van der Waals surface area contributed by atoms with Gasteiger partial charge in [0.05, 0.1) is 11.5 Å². The maximum atomic E-state index is 12.0. The number of rotatable bonds is 5. The van der Waals surface area contributed by atoms with E-state index in [1.54, 1.807) is 18.2 Å². The Kier molecular flexibility index (Phi) is 5.12. The van der Waals surface area contributed by atoms with Crippen LogP contribution in [0, 0.1) is 6.92 Å². The molecule has 0 aliphatic carbocycles. The third kappa shape index (κ3) is 3.77. The zero-order valence-corrected chi connectivity index (χ0v) is 12.2. The average molecular weight is 322 g/mol. The molecule has 0 aliphatic heterocycles. The Balaban J connectivity index is 3.05. The molecule has 0 spiro atoms. The fourth-order valence-electron chi connectivity index (χ4n) is 1.36. The van der Waals surface area contributed by atoms with Crippen LogP contribution in [0.2, 0.25) is 0 Å². The van der Waals surface area contributed by atoms with Crippen LogP contribution >= 0.6 is 15.9 Å². The largest absolute Gasteiger partial charge is 0.395 e. The van der Waals surface area contributed by atoms with E-state index in [1.165, 1.54) is 0 Å². The molecular formula is C11H16BrNO3S. The normalized spacial score (nSPS) is 13.6. The van der Waals surface area contributed by atoms with Gasteiger partial charge < -0.3 is 5.11 Å². The first kappa shape index (κ1) is 14.6. The van der Waals surface area contributed by atoms with Crippen LogP contribution in [0.1, 0.15) is 18.9 Å².